The lowest BCUT2D eigenvalue weighted by atomic mass is 9.78. The average molecular weight is 288 g/mol. The molecule has 0 aliphatic heterocycles. The molecule has 0 saturated heterocycles. The largest absolute Gasteiger partial charge is 0.248 e. The van der Waals surface area contributed by atoms with Crippen LogP contribution < -0.4 is 0 Å². The number of aryl methyl sites for hydroxylation is 1. The number of hydrogen-bond donors (Lipinski definition) is 0. The van der Waals surface area contributed by atoms with Gasteiger partial charge in [-0.3, -0.25) is 0 Å². The van der Waals surface area contributed by atoms with E-state index >= 15 is 0 Å². The first-order chi connectivity index (χ1) is 10.3. The highest BCUT2D eigenvalue weighted by Crippen LogP contribution is 2.38. The molecule has 21 heavy (non-hydrogen) atoms. The molecule has 0 spiro atoms. The fourth-order valence-corrected chi connectivity index (χ4v) is 3.49. The highest BCUT2D eigenvalue weighted by molar-refractivity contribution is 5.28. The lowest BCUT2D eigenvalue weighted by Crippen LogP contribution is -2.17. The van der Waals surface area contributed by atoms with Crippen LogP contribution in [0.15, 0.2) is 0 Å². The van der Waals surface area contributed by atoms with Crippen molar-refractivity contribution in [3.8, 4) is 6.07 Å². The van der Waals surface area contributed by atoms with Gasteiger partial charge in [-0.25, -0.2) is 4.68 Å². The molecule has 0 unspecified atom stereocenters. The van der Waals surface area contributed by atoms with Crippen molar-refractivity contribution in [3.63, 3.8) is 0 Å². The van der Waals surface area contributed by atoms with Crippen molar-refractivity contribution in [1.82, 2.24) is 15.0 Å². The molecule has 1 fully saturated rings. The maximum absolute atomic E-state index is 9.29. The van der Waals surface area contributed by atoms with E-state index in [0.717, 1.165) is 31.0 Å². The first kappa shape index (κ1) is 16.0. The molecule has 0 aromatic carbocycles. The molecule has 0 bridgehead atoms. The van der Waals surface area contributed by atoms with Gasteiger partial charge in [0, 0.05) is 12.5 Å². The second-order valence-electron chi connectivity index (χ2n) is 6.37. The molecule has 4 nitrogen and oxygen atoms in total. The quantitative estimate of drug-likeness (QED) is 0.746. The summed E-state index contributed by atoms with van der Waals surface area (Å²) >= 11 is 0. The second kappa shape index (κ2) is 8.17. The number of nitriles is 1. The van der Waals surface area contributed by atoms with Crippen LogP contribution in [-0.2, 0) is 6.54 Å². The van der Waals surface area contributed by atoms with Gasteiger partial charge < -0.3 is 0 Å². The Morgan fingerprint density at radius 3 is 2.48 bits per heavy atom. The van der Waals surface area contributed by atoms with Gasteiger partial charge in [-0.05, 0) is 38.0 Å². The molecule has 0 atom stereocenters. The second-order valence-corrected chi connectivity index (χ2v) is 6.37. The van der Waals surface area contributed by atoms with Crippen molar-refractivity contribution in [2.75, 3.05) is 0 Å². The molecule has 1 aromatic heterocycles. The van der Waals surface area contributed by atoms with E-state index in [1.807, 2.05) is 4.68 Å². The fourth-order valence-electron chi connectivity index (χ4n) is 3.49. The van der Waals surface area contributed by atoms with Crippen molar-refractivity contribution in [2.24, 2.45) is 5.92 Å². The highest BCUT2D eigenvalue weighted by atomic mass is 15.4. The van der Waals surface area contributed by atoms with Crippen LogP contribution in [-0.4, -0.2) is 15.0 Å². The standard InChI is InChI=1S/C17H28N4/c1-3-5-7-14-8-10-15(11-9-14)17-16(13-18)19-20-21(17)12-6-4-2/h14-15H,3-12H2,1-2H3. The minimum absolute atomic E-state index is 0.490. The Labute approximate surface area is 128 Å². The van der Waals surface area contributed by atoms with Crippen LogP contribution in [0.1, 0.15) is 88.9 Å². The molecular formula is C17H28N4. The van der Waals surface area contributed by atoms with Gasteiger partial charge in [0.15, 0.2) is 5.69 Å². The zero-order valence-electron chi connectivity index (χ0n) is 13.5. The van der Waals surface area contributed by atoms with Crippen molar-refractivity contribution < 1.29 is 0 Å². The molecule has 1 aliphatic rings. The van der Waals surface area contributed by atoms with Gasteiger partial charge in [-0.1, -0.05) is 44.7 Å². The van der Waals surface area contributed by atoms with E-state index in [1.165, 1.54) is 44.9 Å². The molecule has 1 saturated carbocycles. The van der Waals surface area contributed by atoms with Crippen LogP contribution in [0.3, 0.4) is 0 Å². The summed E-state index contributed by atoms with van der Waals surface area (Å²) in [5.74, 6) is 1.39. The molecule has 0 amide bonds. The number of aromatic nitrogens is 3. The van der Waals surface area contributed by atoms with Crippen molar-refractivity contribution in [1.29, 1.82) is 5.26 Å². The van der Waals surface area contributed by atoms with E-state index in [2.05, 4.69) is 30.2 Å². The first-order valence-corrected chi connectivity index (χ1v) is 8.63. The summed E-state index contributed by atoms with van der Waals surface area (Å²) in [5.41, 5.74) is 1.67. The van der Waals surface area contributed by atoms with Gasteiger partial charge in [0.05, 0.1) is 5.69 Å². The van der Waals surface area contributed by atoms with Gasteiger partial charge in [0.1, 0.15) is 6.07 Å². The predicted octanol–water partition coefficient (Wildman–Crippen LogP) is 4.41. The third-order valence-electron chi connectivity index (χ3n) is 4.80. The first-order valence-electron chi connectivity index (χ1n) is 8.63. The van der Waals surface area contributed by atoms with Crippen LogP contribution >= 0.6 is 0 Å². The summed E-state index contributed by atoms with van der Waals surface area (Å²) in [6, 6.07) is 2.24. The van der Waals surface area contributed by atoms with Gasteiger partial charge in [0.25, 0.3) is 0 Å². The van der Waals surface area contributed by atoms with Crippen LogP contribution in [0.25, 0.3) is 0 Å². The smallest absolute Gasteiger partial charge is 0.186 e. The van der Waals surface area contributed by atoms with E-state index < -0.39 is 0 Å². The lowest BCUT2D eigenvalue weighted by Gasteiger charge is -2.28. The summed E-state index contributed by atoms with van der Waals surface area (Å²) in [6.45, 7) is 5.35. The Hall–Kier alpha value is -1.37. The maximum atomic E-state index is 9.29. The summed E-state index contributed by atoms with van der Waals surface area (Å²) in [6.07, 6.45) is 11.3. The van der Waals surface area contributed by atoms with Crippen LogP contribution in [0.5, 0.6) is 0 Å². The number of hydrogen-bond acceptors (Lipinski definition) is 3. The Morgan fingerprint density at radius 1 is 1.14 bits per heavy atom. The van der Waals surface area contributed by atoms with Gasteiger partial charge in [0.2, 0.25) is 0 Å². The van der Waals surface area contributed by atoms with Crippen LogP contribution in [0.2, 0.25) is 0 Å². The Kier molecular flexibility index (Phi) is 6.22. The molecule has 116 valence electrons. The SMILES string of the molecule is CCCCC1CCC(c2c(C#N)nnn2CCCC)CC1. The number of nitrogens with zero attached hydrogens (tertiary/aromatic N) is 4. The summed E-state index contributed by atoms with van der Waals surface area (Å²) in [7, 11) is 0. The summed E-state index contributed by atoms with van der Waals surface area (Å²) in [4.78, 5) is 0. The Balaban J connectivity index is 2.01. The van der Waals surface area contributed by atoms with Gasteiger partial charge in [-0.2, -0.15) is 5.26 Å². The Morgan fingerprint density at radius 2 is 1.86 bits per heavy atom. The topological polar surface area (TPSA) is 54.5 Å². The predicted molar refractivity (Wildman–Crippen MR) is 83.9 cm³/mol. The van der Waals surface area contributed by atoms with Crippen molar-refractivity contribution in [3.05, 3.63) is 11.4 Å². The molecule has 1 heterocycles. The van der Waals surface area contributed by atoms with Crippen LogP contribution in [0, 0.1) is 17.2 Å². The van der Waals surface area contributed by atoms with Crippen molar-refractivity contribution >= 4 is 0 Å². The molecular weight excluding hydrogens is 260 g/mol. The molecule has 2 rings (SSSR count). The zero-order chi connectivity index (χ0) is 15.1. The van der Waals surface area contributed by atoms with Gasteiger partial charge in [-0.15, -0.1) is 5.10 Å². The average Bonchev–Trinajstić information content (AvgIpc) is 2.94. The third-order valence-corrected chi connectivity index (χ3v) is 4.80. The minimum atomic E-state index is 0.490. The minimum Gasteiger partial charge on any atom is -0.248 e. The summed E-state index contributed by atoms with van der Waals surface area (Å²) in [5, 5.41) is 17.6. The summed E-state index contributed by atoms with van der Waals surface area (Å²) < 4.78 is 2.00. The molecule has 0 radical (unpaired) electrons. The number of unbranched alkanes of at least 4 members (excludes halogenated alkanes) is 2. The van der Waals surface area contributed by atoms with Gasteiger partial charge >= 0.3 is 0 Å². The Bertz CT molecular complexity index is 464. The monoisotopic (exact) mass is 288 g/mol. The van der Waals surface area contributed by atoms with E-state index in [0.29, 0.717) is 11.6 Å². The van der Waals surface area contributed by atoms with E-state index in [1.54, 1.807) is 0 Å². The lowest BCUT2D eigenvalue weighted by molar-refractivity contribution is 0.295. The normalized spacial score (nSPS) is 22.1. The van der Waals surface area contributed by atoms with Crippen LogP contribution in [0.4, 0.5) is 0 Å². The van der Waals surface area contributed by atoms with Crippen molar-refractivity contribution in [2.45, 2.75) is 84.1 Å². The van der Waals surface area contributed by atoms with E-state index in [-0.39, 0.29) is 0 Å². The maximum Gasteiger partial charge on any atom is 0.186 e. The molecule has 1 aromatic rings. The van der Waals surface area contributed by atoms with E-state index in [9.17, 15) is 5.26 Å². The van der Waals surface area contributed by atoms with E-state index in [4.69, 9.17) is 0 Å². The third kappa shape index (κ3) is 4.06. The highest BCUT2D eigenvalue weighted by Gasteiger charge is 2.27. The molecule has 4 heteroatoms. The fraction of sp³-hybridized carbons (Fsp3) is 0.824. The molecule has 0 N–H and O–H groups in total. The zero-order valence-corrected chi connectivity index (χ0v) is 13.5. The molecule has 1 aliphatic carbocycles. The number of rotatable bonds is 7.